The predicted octanol–water partition coefficient (Wildman–Crippen LogP) is 3.14. The fourth-order valence-corrected chi connectivity index (χ4v) is 5.60. The summed E-state index contributed by atoms with van der Waals surface area (Å²) in [5.41, 5.74) is 1.56. The number of amides is 4. The molecule has 2 N–H and O–H groups in total. The summed E-state index contributed by atoms with van der Waals surface area (Å²) in [4.78, 5) is 58.0. The van der Waals surface area contributed by atoms with Gasteiger partial charge in [-0.05, 0) is 77.9 Å². The standard InChI is InChI=1S/C33H45N5O6/c1-33(2,3)44-32(42)34-24-18-25-21-43-28-15-8-7-13-26(28)22-11-9-12-23(17-22)30(40)37(6)16-10-14-27(31(41)38(25)19-24)35-29(39)20-36(4)5/h7-9,11-13,15,17,24-25,27H,10,14,16,18-21H2,1-6H3,(H,34,42)(H,35,39)/t24-,25-,27-/m0/s1. The van der Waals surface area contributed by atoms with Crippen molar-refractivity contribution < 1.29 is 28.7 Å². The number of alkyl carbamates (subject to hydrolysis) is 1. The molecule has 1 saturated heterocycles. The molecule has 11 heteroatoms. The summed E-state index contributed by atoms with van der Waals surface area (Å²) in [6.07, 6.45) is 0.742. The van der Waals surface area contributed by atoms with Gasteiger partial charge in [-0.3, -0.25) is 14.4 Å². The number of benzene rings is 2. The predicted molar refractivity (Wildman–Crippen MR) is 167 cm³/mol. The molecule has 44 heavy (non-hydrogen) atoms. The first-order valence-electron chi connectivity index (χ1n) is 15.1. The number of nitrogens with one attached hydrogen (secondary N) is 2. The molecule has 2 aliphatic rings. The van der Waals surface area contributed by atoms with Crippen molar-refractivity contribution in [2.45, 2.75) is 63.8 Å². The van der Waals surface area contributed by atoms with Gasteiger partial charge in [0.25, 0.3) is 5.91 Å². The van der Waals surface area contributed by atoms with Crippen LogP contribution in [0.1, 0.15) is 50.4 Å². The van der Waals surface area contributed by atoms with Crippen LogP contribution in [-0.4, -0.2) is 110 Å². The molecule has 0 spiro atoms. The Bertz CT molecular complexity index is 1360. The first-order chi connectivity index (χ1) is 20.8. The molecule has 1 fully saturated rings. The number of hydrogen-bond acceptors (Lipinski definition) is 7. The smallest absolute Gasteiger partial charge is 0.407 e. The number of para-hydroxylation sites is 1. The van der Waals surface area contributed by atoms with Gasteiger partial charge in [-0.25, -0.2) is 4.79 Å². The number of rotatable bonds is 4. The van der Waals surface area contributed by atoms with Crippen molar-refractivity contribution >= 4 is 23.8 Å². The van der Waals surface area contributed by atoms with Crippen LogP contribution in [0, 0.1) is 0 Å². The van der Waals surface area contributed by atoms with Gasteiger partial charge in [0.2, 0.25) is 11.8 Å². The second-order valence-electron chi connectivity index (χ2n) is 12.8. The van der Waals surface area contributed by atoms with Crippen LogP contribution < -0.4 is 15.4 Å². The lowest BCUT2D eigenvalue weighted by atomic mass is 10.0. The fourth-order valence-electron chi connectivity index (χ4n) is 5.60. The van der Waals surface area contributed by atoms with Crippen molar-refractivity contribution in [3.8, 4) is 16.9 Å². The molecule has 2 aromatic rings. The Hall–Kier alpha value is -4.12. The van der Waals surface area contributed by atoms with E-state index in [1.54, 1.807) is 62.7 Å². The second-order valence-corrected chi connectivity index (χ2v) is 12.8. The van der Waals surface area contributed by atoms with Gasteiger partial charge in [-0.1, -0.05) is 30.3 Å². The zero-order valence-corrected chi connectivity index (χ0v) is 26.6. The molecule has 2 heterocycles. The third kappa shape index (κ3) is 8.72. The number of likely N-dealkylation sites (N-methyl/N-ethyl adjacent to an activating group) is 1. The number of carbonyl (C=O) groups is 4. The number of hydrogen-bond donors (Lipinski definition) is 2. The van der Waals surface area contributed by atoms with Crippen LogP contribution in [0.5, 0.6) is 5.75 Å². The molecule has 11 nitrogen and oxygen atoms in total. The Kier molecular flexibility index (Phi) is 10.5. The Balaban J connectivity index is 1.67. The van der Waals surface area contributed by atoms with Crippen molar-refractivity contribution in [1.29, 1.82) is 0 Å². The van der Waals surface area contributed by atoms with Gasteiger partial charge in [-0.2, -0.15) is 0 Å². The van der Waals surface area contributed by atoms with Crippen LogP contribution in [0.25, 0.3) is 11.1 Å². The molecule has 4 amide bonds. The van der Waals surface area contributed by atoms with E-state index in [2.05, 4.69) is 10.6 Å². The lowest BCUT2D eigenvalue weighted by Crippen LogP contribution is -2.53. The molecule has 2 aliphatic heterocycles. The molecule has 2 bridgehead atoms. The summed E-state index contributed by atoms with van der Waals surface area (Å²) < 4.78 is 11.8. The van der Waals surface area contributed by atoms with Gasteiger partial charge < -0.3 is 34.8 Å². The van der Waals surface area contributed by atoms with Crippen molar-refractivity contribution in [1.82, 2.24) is 25.3 Å². The summed E-state index contributed by atoms with van der Waals surface area (Å²) >= 11 is 0. The monoisotopic (exact) mass is 607 g/mol. The molecule has 238 valence electrons. The van der Waals surface area contributed by atoms with Gasteiger partial charge >= 0.3 is 6.09 Å². The Morgan fingerprint density at radius 2 is 1.77 bits per heavy atom. The highest BCUT2D eigenvalue weighted by Gasteiger charge is 2.40. The number of ether oxygens (including phenoxy) is 2. The molecular formula is C33H45N5O6. The van der Waals surface area contributed by atoms with Crippen molar-refractivity contribution in [3.05, 3.63) is 54.1 Å². The molecule has 0 saturated carbocycles. The molecule has 0 aliphatic carbocycles. The zero-order chi connectivity index (χ0) is 32.0. The van der Waals surface area contributed by atoms with Gasteiger partial charge in [0, 0.05) is 31.3 Å². The lowest BCUT2D eigenvalue weighted by molar-refractivity contribution is -0.138. The van der Waals surface area contributed by atoms with Gasteiger partial charge in [0.05, 0.1) is 18.6 Å². The van der Waals surface area contributed by atoms with Gasteiger partial charge in [0.15, 0.2) is 0 Å². The summed E-state index contributed by atoms with van der Waals surface area (Å²) in [5, 5.41) is 5.83. The molecular weight excluding hydrogens is 562 g/mol. The Morgan fingerprint density at radius 1 is 1.05 bits per heavy atom. The molecule has 2 aromatic carbocycles. The third-order valence-corrected chi connectivity index (χ3v) is 7.58. The molecule has 4 rings (SSSR count). The SMILES string of the molecule is CN(C)CC(=O)N[C@H]1CCCN(C)C(=O)c2cccc(c2)-c2ccccc2OC[C@@H]2C[C@H](NC(=O)OC(C)(C)C)CN2C1=O. The average Bonchev–Trinajstić information content (AvgIpc) is 3.35. The average molecular weight is 608 g/mol. The summed E-state index contributed by atoms with van der Waals surface area (Å²) in [5.74, 6) is -0.0380. The highest BCUT2D eigenvalue weighted by Crippen LogP contribution is 2.32. The molecule has 0 aromatic heterocycles. The minimum absolute atomic E-state index is 0.130. The maximum Gasteiger partial charge on any atom is 0.407 e. The number of carbonyl (C=O) groups excluding carboxylic acids is 4. The van der Waals surface area contributed by atoms with E-state index in [1.807, 2.05) is 42.5 Å². The lowest BCUT2D eigenvalue weighted by Gasteiger charge is -2.30. The van der Waals surface area contributed by atoms with Crippen molar-refractivity contribution in [2.24, 2.45) is 0 Å². The van der Waals surface area contributed by atoms with Crippen molar-refractivity contribution in [2.75, 3.05) is 47.4 Å². The van der Waals surface area contributed by atoms with Crippen LogP contribution >= 0.6 is 0 Å². The molecule has 0 radical (unpaired) electrons. The molecule has 3 atom stereocenters. The van der Waals surface area contributed by atoms with Crippen LogP contribution in [0.2, 0.25) is 0 Å². The second kappa shape index (κ2) is 14.1. The van der Waals surface area contributed by atoms with Crippen LogP contribution in [0.15, 0.2) is 48.5 Å². The van der Waals surface area contributed by atoms with E-state index >= 15 is 0 Å². The largest absolute Gasteiger partial charge is 0.491 e. The van der Waals surface area contributed by atoms with Crippen LogP contribution in [0.3, 0.4) is 0 Å². The Morgan fingerprint density at radius 3 is 2.50 bits per heavy atom. The number of nitrogens with zero attached hydrogens (tertiary/aromatic N) is 3. The summed E-state index contributed by atoms with van der Waals surface area (Å²) in [6, 6.07) is 13.5. The van der Waals surface area contributed by atoms with E-state index in [0.29, 0.717) is 37.1 Å². The number of fused-ring (bicyclic) bond motifs is 5. The summed E-state index contributed by atoms with van der Waals surface area (Å²) in [7, 11) is 5.31. The maximum absolute atomic E-state index is 14.1. The van der Waals surface area contributed by atoms with E-state index in [1.165, 1.54) is 0 Å². The normalized spacial score (nSPS) is 21.3. The van der Waals surface area contributed by atoms with E-state index < -0.39 is 17.7 Å². The van der Waals surface area contributed by atoms with E-state index in [0.717, 1.165) is 11.1 Å². The molecule has 0 unspecified atom stereocenters. The zero-order valence-electron chi connectivity index (χ0n) is 26.6. The first kappa shape index (κ1) is 32.8. The van der Waals surface area contributed by atoms with E-state index in [-0.39, 0.29) is 49.5 Å². The van der Waals surface area contributed by atoms with Crippen LogP contribution in [0.4, 0.5) is 4.79 Å². The van der Waals surface area contributed by atoms with E-state index in [9.17, 15) is 19.2 Å². The minimum Gasteiger partial charge on any atom is -0.491 e. The highest BCUT2D eigenvalue weighted by atomic mass is 16.6. The van der Waals surface area contributed by atoms with Gasteiger partial charge in [-0.15, -0.1) is 0 Å². The highest BCUT2D eigenvalue weighted by molar-refractivity contribution is 5.95. The Labute approximate surface area is 259 Å². The minimum atomic E-state index is -0.808. The first-order valence-corrected chi connectivity index (χ1v) is 15.1. The quantitative estimate of drug-likeness (QED) is 0.548. The maximum atomic E-state index is 14.1. The van der Waals surface area contributed by atoms with Crippen molar-refractivity contribution in [3.63, 3.8) is 0 Å². The van der Waals surface area contributed by atoms with Crippen LogP contribution in [-0.2, 0) is 14.3 Å². The summed E-state index contributed by atoms with van der Waals surface area (Å²) in [6.45, 7) is 6.34. The fraction of sp³-hybridized carbons (Fsp3) is 0.515. The third-order valence-electron chi connectivity index (χ3n) is 7.58. The topological polar surface area (TPSA) is 121 Å². The van der Waals surface area contributed by atoms with E-state index in [4.69, 9.17) is 9.47 Å². The van der Waals surface area contributed by atoms with Gasteiger partial charge in [0.1, 0.15) is 24.0 Å².